The molecular weight excluding hydrogens is 559 g/mol. The zero-order valence-electron chi connectivity index (χ0n) is 22.6. The number of halogens is 2. The second-order valence-electron chi connectivity index (χ2n) is 11.1. The topological polar surface area (TPSA) is 97.9 Å². The molecule has 210 valence electrons. The molecule has 2 aromatic rings. The molecule has 9 nitrogen and oxygen atoms in total. The lowest BCUT2D eigenvalue weighted by molar-refractivity contribution is -0.168. The van der Waals surface area contributed by atoms with Crippen LogP contribution in [0.5, 0.6) is 0 Å². The minimum Gasteiger partial charge on any atom is -0.335 e. The Morgan fingerprint density at radius 1 is 1.10 bits per heavy atom. The zero-order chi connectivity index (χ0) is 28.5. The van der Waals surface area contributed by atoms with E-state index in [4.69, 9.17) is 23.2 Å². The molecule has 2 aliphatic rings. The van der Waals surface area contributed by atoms with E-state index in [1.165, 1.54) is 11.9 Å². The number of hydrogen-bond donors (Lipinski definition) is 2. The molecule has 1 aromatic heterocycles. The first kappa shape index (κ1) is 29.5. The standard InChI is InChI=1S/C27H34Cl2N6O3S/c1-16(2)33-15-23-34(39-22-7-6-18(28)13-19(22)29)14-20(31-26(38)32-27(3,4)5)24(36)35(23)21(25(33)37)12-17-8-10-30-11-9-17/h6-11,13,16,20-21,23H,12,14-15H2,1-5H3,(H2,31,32,38). The number of pyridine rings is 1. The number of aromatic nitrogens is 1. The van der Waals surface area contributed by atoms with Gasteiger partial charge in [-0.2, -0.15) is 0 Å². The van der Waals surface area contributed by atoms with E-state index in [1.54, 1.807) is 29.4 Å². The van der Waals surface area contributed by atoms with Gasteiger partial charge >= 0.3 is 6.03 Å². The summed E-state index contributed by atoms with van der Waals surface area (Å²) in [6.45, 7) is 10.1. The van der Waals surface area contributed by atoms with E-state index in [-0.39, 0.29) is 24.4 Å². The highest BCUT2D eigenvalue weighted by molar-refractivity contribution is 7.97. The van der Waals surface area contributed by atoms with Crippen molar-refractivity contribution in [3.05, 3.63) is 58.3 Å². The average molecular weight is 594 g/mol. The van der Waals surface area contributed by atoms with E-state index in [0.717, 1.165) is 10.5 Å². The van der Waals surface area contributed by atoms with Crippen molar-refractivity contribution < 1.29 is 14.4 Å². The van der Waals surface area contributed by atoms with Gasteiger partial charge in [-0.05, 0) is 82.5 Å². The number of carbonyl (C=O) groups excluding carboxylic acids is 3. The normalized spacial score (nSPS) is 22.2. The van der Waals surface area contributed by atoms with Gasteiger partial charge in [-0.15, -0.1) is 0 Å². The first-order valence-electron chi connectivity index (χ1n) is 12.8. The van der Waals surface area contributed by atoms with E-state index in [9.17, 15) is 14.4 Å². The number of nitrogens with one attached hydrogen (secondary N) is 2. The molecule has 12 heteroatoms. The molecule has 3 unspecified atom stereocenters. The second-order valence-corrected chi connectivity index (χ2v) is 13.0. The summed E-state index contributed by atoms with van der Waals surface area (Å²) in [5, 5.41) is 6.70. The lowest BCUT2D eigenvalue weighted by atomic mass is 9.97. The maximum Gasteiger partial charge on any atom is 0.315 e. The maximum atomic E-state index is 14.0. The highest BCUT2D eigenvalue weighted by Crippen LogP contribution is 2.38. The van der Waals surface area contributed by atoms with Crippen LogP contribution in [-0.2, 0) is 16.0 Å². The lowest BCUT2D eigenvalue weighted by Gasteiger charge is -2.54. The molecule has 3 heterocycles. The summed E-state index contributed by atoms with van der Waals surface area (Å²) in [4.78, 5) is 48.9. The van der Waals surface area contributed by atoms with Gasteiger partial charge in [-0.3, -0.25) is 14.6 Å². The van der Waals surface area contributed by atoms with Crippen molar-refractivity contribution in [1.29, 1.82) is 0 Å². The van der Waals surface area contributed by atoms with Crippen LogP contribution in [0.3, 0.4) is 0 Å². The largest absolute Gasteiger partial charge is 0.335 e. The fourth-order valence-electron chi connectivity index (χ4n) is 4.77. The number of urea groups is 1. The zero-order valence-corrected chi connectivity index (χ0v) is 25.0. The Hall–Kier alpha value is -2.53. The molecule has 0 saturated carbocycles. The predicted octanol–water partition coefficient (Wildman–Crippen LogP) is 4.19. The van der Waals surface area contributed by atoms with Crippen molar-refractivity contribution in [2.24, 2.45) is 0 Å². The van der Waals surface area contributed by atoms with Gasteiger partial charge in [-0.25, -0.2) is 9.10 Å². The Bertz CT molecular complexity index is 1230. The Kier molecular flexibility index (Phi) is 9.00. The second kappa shape index (κ2) is 11.9. The predicted molar refractivity (Wildman–Crippen MR) is 153 cm³/mol. The summed E-state index contributed by atoms with van der Waals surface area (Å²) in [5.41, 5.74) is 0.402. The van der Waals surface area contributed by atoms with E-state index < -0.39 is 29.8 Å². The monoisotopic (exact) mass is 592 g/mol. The summed E-state index contributed by atoms with van der Waals surface area (Å²) in [6, 6.07) is 6.80. The van der Waals surface area contributed by atoms with Crippen molar-refractivity contribution in [3.8, 4) is 0 Å². The average Bonchev–Trinajstić information content (AvgIpc) is 2.84. The molecule has 2 aliphatic heterocycles. The lowest BCUT2D eigenvalue weighted by Crippen LogP contribution is -2.75. The third kappa shape index (κ3) is 6.98. The summed E-state index contributed by atoms with van der Waals surface area (Å²) in [6.07, 6.45) is 3.23. The van der Waals surface area contributed by atoms with Crippen molar-refractivity contribution in [2.75, 3.05) is 13.1 Å². The van der Waals surface area contributed by atoms with Crippen molar-refractivity contribution >= 4 is 53.0 Å². The summed E-state index contributed by atoms with van der Waals surface area (Å²) < 4.78 is 2.03. The molecule has 2 N–H and O–H groups in total. The molecule has 1 aromatic carbocycles. The third-order valence-corrected chi connectivity index (χ3v) is 8.38. The Morgan fingerprint density at radius 3 is 2.41 bits per heavy atom. The van der Waals surface area contributed by atoms with Crippen molar-refractivity contribution in [2.45, 2.75) is 75.8 Å². The molecule has 39 heavy (non-hydrogen) atoms. The molecule has 3 atom stereocenters. The van der Waals surface area contributed by atoms with Crippen LogP contribution in [0.2, 0.25) is 10.0 Å². The van der Waals surface area contributed by atoms with Crippen LogP contribution in [0.4, 0.5) is 4.79 Å². The minimum absolute atomic E-state index is 0.0610. The molecule has 4 rings (SSSR count). The minimum atomic E-state index is -0.875. The Morgan fingerprint density at radius 2 is 1.79 bits per heavy atom. The smallest absolute Gasteiger partial charge is 0.315 e. The van der Waals surface area contributed by atoms with Crippen LogP contribution in [0.1, 0.15) is 40.2 Å². The van der Waals surface area contributed by atoms with Crippen molar-refractivity contribution in [3.63, 3.8) is 0 Å². The van der Waals surface area contributed by atoms with Crippen LogP contribution in [0.15, 0.2) is 47.6 Å². The van der Waals surface area contributed by atoms with Crippen LogP contribution in [0, 0.1) is 0 Å². The fourth-order valence-corrected chi connectivity index (χ4v) is 6.32. The Balaban J connectivity index is 1.73. The van der Waals surface area contributed by atoms with Gasteiger partial charge < -0.3 is 20.4 Å². The maximum absolute atomic E-state index is 14.0. The molecular formula is C27H34Cl2N6O3S. The molecule has 2 fully saturated rings. The third-order valence-electron chi connectivity index (χ3n) is 6.54. The number of nitrogens with zero attached hydrogens (tertiary/aromatic N) is 4. The molecule has 2 saturated heterocycles. The first-order chi connectivity index (χ1) is 18.3. The van der Waals surface area contributed by atoms with Gasteiger partial charge in [0, 0.05) is 46.9 Å². The number of piperazine rings is 1. The first-order valence-corrected chi connectivity index (χ1v) is 14.4. The number of benzene rings is 1. The highest BCUT2D eigenvalue weighted by Gasteiger charge is 2.51. The molecule has 4 amide bonds. The van der Waals surface area contributed by atoms with Gasteiger partial charge in [0.05, 0.1) is 11.6 Å². The molecule has 0 spiro atoms. The summed E-state index contributed by atoms with van der Waals surface area (Å²) in [7, 11) is 0. The Labute approximate surface area is 243 Å². The molecule has 0 aliphatic carbocycles. The van der Waals surface area contributed by atoms with Crippen molar-refractivity contribution in [1.82, 2.24) is 29.7 Å². The van der Waals surface area contributed by atoms with E-state index >= 15 is 0 Å². The quantitative estimate of drug-likeness (QED) is 0.488. The number of amides is 4. The van der Waals surface area contributed by atoms with Gasteiger partial charge in [0.15, 0.2) is 0 Å². The van der Waals surface area contributed by atoms with Gasteiger partial charge in [0.2, 0.25) is 11.8 Å². The summed E-state index contributed by atoms with van der Waals surface area (Å²) >= 11 is 14.0. The summed E-state index contributed by atoms with van der Waals surface area (Å²) in [5.74, 6) is -0.417. The van der Waals surface area contributed by atoms with Gasteiger partial charge in [0.1, 0.15) is 18.2 Å². The van der Waals surface area contributed by atoms with Gasteiger partial charge in [0.25, 0.3) is 0 Å². The number of rotatable bonds is 6. The number of carbonyl (C=O) groups is 3. The van der Waals surface area contributed by atoms with Crippen LogP contribution >= 0.6 is 35.1 Å². The molecule has 0 radical (unpaired) electrons. The van der Waals surface area contributed by atoms with E-state index in [1.807, 2.05) is 62.0 Å². The van der Waals surface area contributed by atoms with E-state index in [2.05, 4.69) is 15.6 Å². The van der Waals surface area contributed by atoms with Crippen LogP contribution in [-0.4, -0.2) is 79.9 Å². The SMILES string of the molecule is CC(C)N1CC2N(Sc3ccc(Cl)cc3Cl)CC(NC(=O)NC(C)(C)C)C(=O)N2C(Cc2ccncc2)C1=O. The molecule has 0 bridgehead atoms. The van der Waals surface area contributed by atoms with Gasteiger partial charge in [-0.1, -0.05) is 23.2 Å². The number of hydrogen-bond acceptors (Lipinski definition) is 6. The van der Waals surface area contributed by atoms with Crippen LogP contribution < -0.4 is 10.6 Å². The van der Waals surface area contributed by atoms with E-state index in [0.29, 0.717) is 23.0 Å². The highest BCUT2D eigenvalue weighted by atomic mass is 35.5. The van der Waals surface area contributed by atoms with Crippen LogP contribution in [0.25, 0.3) is 0 Å². The fraction of sp³-hybridized carbons (Fsp3) is 0.481. The number of fused-ring (bicyclic) bond motifs is 1.